The number of hydrogen-bond acceptors (Lipinski definition) is 6. The molecule has 7 nitrogen and oxygen atoms in total. The molecule has 0 radical (unpaired) electrons. The second kappa shape index (κ2) is 12.2. The van der Waals surface area contributed by atoms with Gasteiger partial charge in [-0.15, -0.1) is 0 Å². The Morgan fingerprint density at radius 1 is 1.00 bits per heavy atom. The second-order valence-electron chi connectivity index (χ2n) is 8.15. The third-order valence-electron chi connectivity index (χ3n) is 6.09. The molecule has 2 aromatic rings. The topological polar surface area (TPSA) is 79.3 Å². The Labute approximate surface area is 207 Å². The van der Waals surface area contributed by atoms with Gasteiger partial charge < -0.3 is 24.4 Å². The molecule has 1 atom stereocenters. The van der Waals surface area contributed by atoms with E-state index >= 15 is 0 Å². The molecule has 1 N–H and O–H groups in total. The average molecular weight is 479 g/mol. The monoisotopic (exact) mass is 478 g/mol. The van der Waals surface area contributed by atoms with Crippen molar-refractivity contribution < 1.29 is 24.2 Å². The van der Waals surface area contributed by atoms with Gasteiger partial charge >= 0.3 is 0 Å². The van der Waals surface area contributed by atoms with Crippen LogP contribution in [0.15, 0.2) is 66.8 Å². The van der Waals surface area contributed by atoms with Crippen molar-refractivity contribution in [3.05, 3.63) is 77.9 Å². The van der Waals surface area contributed by atoms with Gasteiger partial charge in [-0.1, -0.05) is 38.6 Å². The molecule has 1 amide bonds. The van der Waals surface area contributed by atoms with E-state index in [0.29, 0.717) is 43.4 Å². The Morgan fingerprint density at radius 3 is 2.17 bits per heavy atom. The Morgan fingerprint density at radius 2 is 1.60 bits per heavy atom. The summed E-state index contributed by atoms with van der Waals surface area (Å²) in [5.74, 6) is -0.182. The van der Waals surface area contributed by atoms with Crippen molar-refractivity contribution in [2.45, 2.75) is 26.8 Å². The van der Waals surface area contributed by atoms with E-state index in [1.165, 1.54) is 0 Å². The van der Waals surface area contributed by atoms with Crippen LogP contribution in [0.1, 0.15) is 37.9 Å². The largest absolute Gasteiger partial charge is 0.507 e. The van der Waals surface area contributed by atoms with Gasteiger partial charge in [0.1, 0.15) is 23.9 Å². The molecule has 0 unspecified atom stereocenters. The molecule has 0 aliphatic carbocycles. The summed E-state index contributed by atoms with van der Waals surface area (Å²) in [5.41, 5.74) is 1.26. The molecule has 1 heterocycles. The number of carbonyl (C=O) groups excluding carboxylic acids is 2. The van der Waals surface area contributed by atoms with Crippen molar-refractivity contribution in [2.75, 3.05) is 39.4 Å². The van der Waals surface area contributed by atoms with E-state index < -0.39 is 17.7 Å². The number of ketones is 1. The molecule has 1 aliphatic heterocycles. The van der Waals surface area contributed by atoms with E-state index in [4.69, 9.17) is 9.47 Å². The van der Waals surface area contributed by atoms with Gasteiger partial charge in [0.25, 0.3) is 11.7 Å². The van der Waals surface area contributed by atoms with E-state index in [1.54, 1.807) is 47.4 Å². The van der Waals surface area contributed by atoms with E-state index in [2.05, 4.69) is 25.3 Å². The predicted octanol–water partition coefficient (Wildman–Crippen LogP) is 4.41. The normalized spacial score (nSPS) is 17.1. The minimum absolute atomic E-state index is 0.0819. The van der Waals surface area contributed by atoms with Gasteiger partial charge in [0, 0.05) is 18.7 Å². The number of likely N-dealkylation sites (N-methyl/N-ethyl adjacent to an activating group) is 1. The fraction of sp³-hybridized carbons (Fsp3) is 0.357. The maximum atomic E-state index is 13.2. The number of amides is 1. The summed E-state index contributed by atoms with van der Waals surface area (Å²) >= 11 is 0. The van der Waals surface area contributed by atoms with Crippen molar-refractivity contribution in [1.82, 2.24) is 9.80 Å². The highest BCUT2D eigenvalue weighted by Gasteiger charge is 2.45. The van der Waals surface area contributed by atoms with Gasteiger partial charge in [-0.2, -0.15) is 0 Å². The fourth-order valence-electron chi connectivity index (χ4n) is 4.18. The lowest BCUT2D eigenvalue weighted by Crippen LogP contribution is -2.38. The number of rotatable bonds is 12. The Hall–Kier alpha value is -3.58. The summed E-state index contributed by atoms with van der Waals surface area (Å²) < 4.78 is 11.1. The fourth-order valence-corrected chi connectivity index (χ4v) is 4.18. The van der Waals surface area contributed by atoms with E-state index in [-0.39, 0.29) is 11.3 Å². The molecular formula is C28H34N2O5. The van der Waals surface area contributed by atoms with Gasteiger partial charge in [0.2, 0.25) is 0 Å². The van der Waals surface area contributed by atoms with Crippen LogP contribution in [0.3, 0.4) is 0 Å². The molecule has 0 spiro atoms. The summed E-state index contributed by atoms with van der Waals surface area (Å²) in [7, 11) is 0. The smallest absolute Gasteiger partial charge is 0.295 e. The van der Waals surface area contributed by atoms with Gasteiger partial charge in [0.05, 0.1) is 18.2 Å². The minimum atomic E-state index is -0.703. The third-order valence-corrected chi connectivity index (χ3v) is 6.09. The van der Waals surface area contributed by atoms with Crippen molar-refractivity contribution in [1.29, 1.82) is 0 Å². The zero-order chi connectivity index (χ0) is 25.4. The number of carbonyl (C=O) groups is 2. The van der Waals surface area contributed by atoms with Crippen LogP contribution in [0.25, 0.3) is 5.76 Å². The number of benzene rings is 2. The Balaban J connectivity index is 2.03. The third kappa shape index (κ3) is 5.92. The van der Waals surface area contributed by atoms with Crippen molar-refractivity contribution in [3.8, 4) is 11.5 Å². The minimum Gasteiger partial charge on any atom is -0.507 e. The molecule has 1 aliphatic rings. The Kier molecular flexibility index (Phi) is 9.09. The number of hydrogen-bond donors (Lipinski definition) is 1. The van der Waals surface area contributed by atoms with Crippen LogP contribution in [0, 0.1) is 0 Å². The lowest BCUT2D eigenvalue weighted by atomic mass is 9.95. The number of nitrogens with zero attached hydrogens (tertiary/aromatic N) is 2. The molecule has 3 rings (SSSR count). The lowest BCUT2D eigenvalue weighted by Gasteiger charge is -2.28. The summed E-state index contributed by atoms with van der Waals surface area (Å²) in [4.78, 5) is 30.1. The van der Waals surface area contributed by atoms with Gasteiger partial charge in [-0.25, -0.2) is 0 Å². The first kappa shape index (κ1) is 26.0. The second-order valence-corrected chi connectivity index (χ2v) is 8.15. The van der Waals surface area contributed by atoms with Crippen molar-refractivity contribution in [2.24, 2.45) is 0 Å². The molecule has 0 bridgehead atoms. The number of Topliss-reactive ketones (excluding diaryl/α,β-unsaturated/α-hetero) is 1. The number of aliphatic hydroxyl groups is 1. The molecule has 0 saturated carbocycles. The highest BCUT2D eigenvalue weighted by molar-refractivity contribution is 6.46. The summed E-state index contributed by atoms with van der Waals surface area (Å²) in [5, 5.41) is 11.2. The number of ether oxygens (including phenoxy) is 2. The molecule has 7 heteroatoms. The standard InChI is InChI=1S/C28H34N2O5/c1-5-19-35-23-13-9-20(10-14-23)25-24(26(31)21-11-15-22(16-12-21)34-8-4)27(32)28(33)30(25)18-17-29(6-2)7-3/h5,9-16,25,31H,1,6-8,17-19H2,2-4H3/t25-/m0/s1. The van der Waals surface area contributed by atoms with Crippen LogP contribution in [0.2, 0.25) is 0 Å². The van der Waals surface area contributed by atoms with Crippen LogP contribution >= 0.6 is 0 Å². The highest BCUT2D eigenvalue weighted by Crippen LogP contribution is 2.39. The quantitative estimate of drug-likeness (QED) is 0.211. The summed E-state index contributed by atoms with van der Waals surface area (Å²) in [6, 6.07) is 13.4. The first-order chi connectivity index (χ1) is 16.9. The number of aliphatic hydroxyl groups excluding tert-OH is 1. The molecule has 35 heavy (non-hydrogen) atoms. The summed E-state index contributed by atoms with van der Waals surface area (Å²) in [6.45, 7) is 13.2. The van der Waals surface area contributed by atoms with Crippen molar-refractivity contribution in [3.63, 3.8) is 0 Å². The first-order valence-electron chi connectivity index (χ1n) is 12.0. The molecule has 1 saturated heterocycles. The maximum Gasteiger partial charge on any atom is 0.295 e. The average Bonchev–Trinajstić information content (AvgIpc) is 3.13. The molecule has 2 aromatic carbocycles. The molecule has 1 fully saturated rings. The van der Waals surface area contributed by atoms with Crippen LogP contribution in [-0.4, -0.2) is 66.0 Å². The first-order valence-corrected chi connectivity index (χ1v) is 12.0. The van der Waals surface area contributed by atoms with Crippen LogP contribution in [0.5, 0.6) is 11.5 Å². The van der Waals surface area contributed by atoms with E-state index in [9.17, 15) is 14.7 Å². The highest BCUT2D eigenvalue weighted by atomic mass is 16.5. The van der Waals surface area contributed by atoms with Gasteiger partial charge in [-0.05, 0) is 62.0 Å². The SMILES string of the molecule is C=CCOc1ccc([C@H]2C(=C(O)c3ccc(OCC)cc3)C(=O)C(=O)N2CCN(CC)CC)cc1. The van der Waals surface area contributed by atoms with E-state index in [0.717, 1.165) is 18.7 Å². The molecule has 186 valence electrons. The van der Waals surface area contributed by atoms with Crippen LogP contribution in [0.4, 0.5) is 0 Å². The molecular weight excluding hydrogens is 444 g/mol. The number of likely N-dealkylation sites (tertiary alicyclic amines) is 1. The van der Waals surface area contributed by atoms with E-state index in [1.807, 2.05) is 19.1 Å². The van der Waals surface area contributed by atoms with Crippen LogP contribution in [-0.2, 0) is 9.59 Å². The Bertz CT molecular complexity index is 1060. The summed E-state index contributed by atoms with van der Waals surface area (Å²) in [6.07, 6.45) is 1.66. The van der Waals surface area contributed by atoms with Crippen LogP contribution < -0.4 is 9.47 Å². The van der Waals surface area contributed by atoms with Crippen molar-refractivity contribution >= 4 is 17.4 Å². The maximum absolute atomic E-state index is 13.2. The molecule has 0 aromatic heterocycles. The van der Waals surface area contributed by atoms with Gasteiger partial charge in [0.15, 0.2) is 0 Å². The lowest BCUT2D eigenvalue weighted by molar-refractivity contribution is -0.140. The zero-order valence-electron chi connectivity index (χ0n) is 20.7. The van der Waals surface area contributed by atoms with Gasteiger partial charge in [-0.3, -0.25) is 9.59 Å². The predicted molar refractivity (Wildman–Crippen MR) is 137 cm³/mol. The zero-order valence-corrected chi connectivity index (χ0v) is 20.7.